The lowest BCUT2D eigenvalue weighted by Gasteiger charge is -2.27. The monoisotopic (exact) mass is 562 g/mol. The fourth-order valence-corrected chi connectivity index (χ4v) is 4.04. The molecule has 0 atom stereocenters. The summed E-state index contributed by atoms with van der Waals surface area (Å²) in [7, 11) is 4.06. The van der Waals surface area contributed by atoms with Crippen LogP contribution in [0.4, 0.5) is 0 Å². The average Bonchev–Trinajstić information content (AvgIpc) is 3.31. The number of halogens is 1. The van der Waals surface area contributed by atoms with Crippen molar-refractivity contribution in [1.29, 1.82) is 0 Å². The molecule has 3 heterocycles. The van der Waals surface area contributed by atoms with Crippen molar-refractivity contribution in [3.63, 3.8) is 0 Å². The molecule has 0 radical (unpaired) electrons. The molecular formula is C20H35IN8OS. The van der Waals surface area contributed by atoms with Crippen molar-refractivity contribution in [3.05, 3.63) is 27.7 Å². The van der Waals surface area contributed by atoms with Gasteiger partial charge in [-0.05, 0) is 26.8 Å². The molecule has 1 saturated heterocycles. The van der Waals surface area contributed by atoms with E-state index in [2.05, 4.69) is 44.3 Å². The number of rotatable bonds is 9. The topological polar surface area (TPSA) is 83.7 Å². The zero-order valence-corrected chi connectivity index (χ0v) is 22.2. The van der Waals surface area contributed by atoms with Crippen molar-refractivity contribution < 1.29 is 4.74 Å². The quantitative estimate of drug-likeness (QED) is 0.216. The van der Waals surface area contributed by atoms with Gasteiger partial charge in [0, 0.05) is 57.8 Å². The molecule has 11 heteroatoms. The van der Waals surface area contributed by atoms with Gasteiger partial charge in [0.25, 0.3) is 0 Å². The molecule has 1 N–H and O–H groups in total. The highest BCUT2D eigenvalue weighted by Gasteiger charge is 2.12. The van der Waals surface area contributed by atoms with Gasteiger partial charge in [0.2, 0.25) is 0 Å². The van der Waals surface area contributed by atoms with E-state index in [-0.39, 0.29) is 24.0 Å². The Kier molecular flexibility index (Phi) is 11.1. The maximum absolute atomic E-state index is 5.43. The van der Waals surface area contributed by atoms with Crippen LogP contribution in [0.15, 0.2) is 11.2 Å². The fraction of sp³-hybridized carbons (Fsp3) is 0.700. The smallest absolute Gasteiger partial charge is 0.194 e. The number of nitrogens with one attached hydrogen (secondary N) is 1. The molecule has 0 saturated carbocycles. The van der Waals surface area contributed by atoms with Gasteiger partial charge in [-0.25, -0.2) is 9.98 Å². The van der Waals surface area contributed by atoms with Crippen molar-refractivity contribution >= 4 is 41.3 Å². The van der Waals surface area contributed by atoms with Crippen LogP contribution in [0, 0.1) is 13.8 Å². The van der Waals surface area contributed by atoms with Gasteiger partial charge in [0.15, 0.2) is 11.8 Å². The summed E-state index contributed by atoms with van der Waals surface area (Å²) in [5.74, 6) is 2.66. The molecule has 2 aromatic rings. The number of aromatic nitrogens is 4. The molecule has 0 amide bonds. The van der Waals surface area contributed by atoms with Gasteiger partial charge in [0.1, 0.15) is 12.4 Å². The van der Waals surface area contributed by atoms with E-state index in [1.807, 2.05) is 24.7 Å². The van der Waals surface area contributed by atoms with Crippen LogP contribution in [0.25, 0.3) is 0 Å². The molecule has 0 unspecified atom stereocenters. The third-order valence-corrected chi connectivity index (χ3v) is 6.26. The number of ether oxygens (including phenoxy) is 1. The number of likely N-dealkylation sites (N-methyl/N-ethyl adjacent to an activating group) is 1. The number of hydrogen-bond donors (Lipinski definition) is 1. The third-order valence-electron chi connectivity index (χ3n) is 5.28. The first-order valence-corrected chi connectivity index (χ1v) is 11.4. The highest BCUT2D eigenvalue weighted by Crippen LogP contribution is 2.12. The van der Waals surface area contributed by atoms with Crippen molar-refractivity contribution in [3.8, 4) is 0 Å². The second kappa shape index (κ2) is 13.3. The molecule has 1 aliphatic heterocycles. The number of thiazole rings is 1. The normalized spacial score (nSPS) is 15.0. The summed E-state index contributed by atoms with van der Waals surface area (Å²) in [5, 5.41) is 13.1. The van der Waals surface area contributed by atoms with Crippen molar-refractivity contribution in [2.75, 3.05) is 53.0 Å². The summed E-state index contributed by atoms with van der Waals surface area (Å²) in [6, 6.07) is 0. The lowest BCUT2D eigenvalue weighted by molar-refractivity contribution is 0.0375. The summed E-state index contributed by atoms with van der Waals surface area (Å²) in [6.45, 7) is 11.1. The molecule has 3 rings (SSSR count). The van der Waals surface area contributed by atoms with E-state index in [0.29, 0.717) is 6.54 Å². The predicted octanol–water partition coefficient (Wildman–Crippen LogP) is 1.85. The Hall–Kier alpha value is -1.31. The Morgan fingerprint density at radius 1 is 1.29 bits per heavy atom. The summed E-state index contributed by atoms with van der Waals surface area (Å²) in [5.41, 5.74) is 0. The number of aryl methyl sites for hydroxylation is 2. The van der Waals surface area contributed by atoms with Crippen molar-refractivity contribution in [2.24, 2.45) is 12.0 Å². The molecule has 1 aliphatic rings. The van der Waals surface area contributed by atoms with Gasteiger partial charge in [-0.3, -0.25) is 4.90 Å². The molecule has 0 bridgehead atoms. The molecule has 2 aromatic heterocycles. The second-order valence-corrected chi connectivity index (χ2v) is 8.95. The minimum absolute atomic E-state index is 0. The van der Waals surface area contributed by atoms with Gasteiger partial charge < -0.3 is 19.5 Å². The highest BCUT2D eigenvalue weighted by molar-refractivity contribution is 14.0. The number of hydrogen-bond acceptors (Lipinski definition) is 7. The minimum atomic E-state index is 0. The first-order valence-electron chi connectivity index (χ1n) is 10.6. The number of nitrogens with zero attached hydrogens (tertiary/aromatic N) is 7. The zero-order valence-electron chi connectivity index (χ0n) is 19.0. The molecular weight excluding hydrogens is 527 g/mol. The van der Waals surface area contributed by atoms with Gasteiger partial charge in [-0.2, -0.15) is 0 Å². The Morgan fingerprint density at radius 2 is 2.06 bits per heavy atom. The molecule has 1 fully saturated rings. The van der Waals surface area contributed by atoms with Gasteiger partial charge in [0.05, 0.1) is 18.2 Å². The van der Waals surface area contributed by atoms with E-state index in [9.17, 15) is 0 Å². The number of aliphatic imine (C=N–C) groups is 1. The van der Waals surface area contributed by atoms with Crippen LogP contribution in [0.1, 0.15) is 28.0 Å². The summed E-state index contributed by atoms with van der Waals surface area (Å²) in [6.07, 6.45) is 3.92. The molecule has 0 aliphatic carbocycles. The predicted molar refractivity (Wildman–Crippen MR) is 135 cm³/mol. The SMILES string of the molecule is Cc1cnc(CCN(C)C(=NCc2nnc(C)n2C)NCCCN2CCOCC2)s1.I. The van der Waals surface area contributed by atoms with Crippen molar-refractivity contribution in [2.45, 2.75) is 33.2 Å². The van der Waals surface area contributed by atoms with Crippen LogP contribution in [0.2, 0.25) is 0 Å². The molecule has 0 aromatic carbocycles. The average molecular weight is 563 g/mol. The van der Waals surface area contributed by atoms with E-state index in [4.69, 9.17) is 9.73 Å². The highest BCUT2D eigenvalue weighted by atomic mass is 127. The van der Waals surface area contributed by atoms with E-state index in [1.54, 1.807) is 11.3 Å². The van der Waals surface area contributed by atoms with Gasteiger partial charge in [-0.15, -0.1) is 45.5 Å². The first-order chi connectivity index (χ1) is 14.5. The second-order valence-electron chi connectivity index (χ2n) is 7.63. The van der Waals surface area contributed by atoms with E-state index in [1.165, 1.54) is 4.88 Å². The van der Waals surface area contributed by atoms with E-state index < -0.39 is 0 Å². The largest absolute Gasteiger partial charge is 0.379 e. The van der Waals surface area contributed by atoms with E-state index >= 15 is 0 Å². The Labute approximate surface area is 206 Å². The van der Waals surface area contributed by atoms with Crippen LogP contribution < -0.4 is 5.32 Å². The summed E-state index contributed by atoms with van der Waals surface area (Å²) < 4.78 is 7.41. The Morgan fingerprint density at radius 3 is 2.71 bits per heavy atom. The van der Waals surface area contributed by atoms with Crippen LogP contribution in [-0.4, -0.2) is 88.5 Å². The lowest BCUT2D eigenvalue weighted by Crippen LogP contribution is -2.42. The van der Waals surface area contributed by atoms with Crippen LogP contribution >= 0.6 is 35.3 Å². The van der Waals surface area contributed by atoms with Gasteiger partial charge >= 0.3 is 0 Å². The Balaban J connectivity index is 0.00000341. The first kappa shape index (κ1) is 25.9. The Bertz CT molecular complexity index is 818. The summed E-state index contributed by atoms with van der Waals surface area (Å²) in [4.78, 5) is 15.2. The molecule has 31 heavy (non-hydrogen) atoms. The molecule has 9 nitrogen and oxygen atoms in total. The van der Waals surface area contributed by atoms with Crippen LogP contribution in [-0.2, 0) is 24.8 Å². The standard InChI is InChI=1S/C20H34N8OS.HI/c1-16-14-22-19(30-16)6-9-26(3)20(23-15-18-25-24-17(2)27(18)4)21-7-5-8-28-10-12-29-13-11-28;/h14H,5-13,15H2,1-4H3,(H,21,23);1H. The minimum Gasteiger partial charge on any atom is -0.379 e. The maximum atomic E-state index is 5.43. The molecule has 0 spiro atoms. The summed E-state index contributed by atoms with van der Waals surface area (Å²) >= 11 is 1.76. The van der Waals surface area contributed by atoms with Crippen LogP contribution in [0.5, 0.6) is 0 Å². The lowest BCUT2D eigenvalue weighted by atomic mass is 10.3. The zero-order chi connectivity index (χ0) is 21.3. The van der Waals surface area contributed by atoms with Crippen molar-refractivity contribution in [1.82, 2.24) is 34.9 Å². The molecule has 174 valence electrons. The number of morpholine rings is 1. The van der Waals surface area contributed by atoms with E-state index in [0.717, 1.165) is 81.4 Å². The number of guanidine groups is 1. The van der Waals surface area contributed by atoms with Gasteiger partial charge in [-0.1, -0.05) is 0 Å². The van der Waals surface area contributed by atoms with Crippen LogP contribution in [0.3, 0.4) is 0 Å². The third kappa shape index (κ3) is 8.28. The fourth-order valence-electron chi connectivity index (χ4n) is 3.26. The maximum Gasteiger partial charge on any atom is 0.194 e.